The van der Waals surface area contributed by atoms with E-state index in [9.17, 15) is 0 Å². The fraction of sp³-hybridized carbons (Fsp3) is 0. The van der Waals surface area contributed by atoms with Gasteiger partial charge in [0.2, 0.25) is 0 Å². The number of hydrogen-bond acceptors (Lipinski definition) is 5. The molecule has 7 aromatic carbocycles. The lowest BCUT2D eigenvalue weighted by Gasteiger charge is -2.11. The zero-order chi connectivity index (χ0) is 33.0. The van der Waals surface area contributed by atoms with Gasteiger partial charge in [0.15, 0.2) is 17.5 Å². The summed E-state index contributed by atoms with van der Waals surface area (Å²) < 4.78 is 8.95. The quantitative estimate of drug-likeness (QED) is 0.185. The second-order valence-electron chi connectivity index (χ2n) is 12.4. The molecule has 0 saturated carbocycles. The van der Waals surface area contributed by atoms with Gasteiger partial charge in [0.25, 0.3) is 0 Å². The first kappa shape index (κ1) is 28.6. The summed E-state index contributed by atoms with van der Waals surface area (Å²) in [5, 5.41) is 4.67. The fourth-order valence-corrected chi connectivity index (χ4v) is 8.07. The Labute approximate surface area is 292 Å². The summed E-state index contributed by atoms with van der Waals surface area (Å²) in [5.74, 6) is 1.83. The minimum Gasteiger partial charge on any atom is -0.456 e. The number of furan rings is 1. The van der Waals surface area contributed by atoms with Crippen LogP contribution in [0.2, 0.25) is 0 Å². The summed E-state index contributed by atoms with van der Waals surface area (Å²) in [4.78, 5) is 15.5. The molecule has 0 radical (unpaired) electrons. The summed E-state index contributed by atoms with van der Waals surface area (Å²) in [6, 6.07) is 56.8. The maximum Gasteiger partial charge on any atom is 0.164 e. The van der Waals surface area contributed by atoms with E-state index in [0.717, 1.165) is 60.9 Å². The van der Waals surface area contributed by atoms with Crippen LogP contribution in [0.5, 0.6) is 0 Å². The smallest absolute Gasteiger partial charge is 0.164 e. The summed E-state index contributed by atoms with van der Waals surface area (Å²) in [6.07, 6.45) is 0. The predicted molar refractivity (Wildman–Crippen MR) is 207 cm³/mol. The molecule has 0 aliphatic carbocycles. The Morgan fingerprint density at radius 2 is 0.960 bits per heavy atom. The Morgan fingerprint density at radius 3 is 1.76 bits per heavy atom. The Bertz CT molecular complexity index is 2870. The molecule has 50 heavy (non-hydrogen) atoms. The van der Waals surface area contributed by atoms with Gasteiger partial charge in [-0.1, -0.05) is 127 Å². The lowest BCUT2D eigenvalue weighted by atomic mass is 9.97. The van der Waals surface area contributed by atoms with Gasteiger partial charge in [-0.05, 0) is 58.7 Å². The average Bonchev–Trinajstić information content (AvgIpc) is 3.76. The third kappa shape index (κ3) is 4.87. The van der Waals surface area contributed by atoms with E-state index in [1.165, 1.54) is 20.2 Å². The first-order valence-electron chi connectivity index (χ1n) is 16.6. The van der Waals surface area contributed by atoms with Crippen molar-refractivity contribution in [2.24, 2.45) is 0 Å². The molecular formula is C45H27N3OS. The van der Waals surface area contributed by atoms with Crippen LogP contribution in [0.15, 0.2) is 168 Å². The lowest BCUT2D eigenvalue weighted by Crippen LogP contribution is -2.00. The highest BCUT2D eigenvalue weighted by atomic mass is 32.1. The van der Waals surface area contributed by atoms with Crippen LogP contribution in [-0.4, -0.2) is 15.0 Å². The topological polar surface area (TPSA) is 51.8 Å². The minimum atomic E-state index is 0.589. The molecule has 0 bridgehead atoms. The van der Waals surface area contributed by atoms with Crippen molar-refractivity contribution in [1.29, 1.82) is 0 Å². The standard InChI is InChI=1S/C45H27N3OS/c1-3-12-28(13-4-1)30-16-11-17-31(24-30)43-46-44(32-22-23-35-34-18-8-10-21-40(34)50-41(35)27-32)48-45(47-43)33-25-37(29-14-5-2-6-15-29)42-36-19-7-9-20-38(36)49-39(42)26-33/h1-27H. The number of nitrogens with zero attached hydrogens (tertiary/aromatic N) is 3. The number of aromatic nitrogens is 3. The third-order valence-electron chi connectivity index (χ3n) is 9.32. The monoisotopic (exact) mass is 657 g/mol. The van der Waals surface area contributed by atoms with Crippen LogP contribution in [0.3, 0.4) is 0 Å². The van der Waals surface area contributed by atoms with Gasteiger partial charge >= 0.3 is 0 Å². The van der Waals surface area contributed by atoms with Gasteiger partial charge < -0.3 is 4.42 Å². The van der Waals surface area contributed by atoms with Crippen molar-refractivity contribution in [1.82, 2.24) is 15.0 Å². The summed E-state index contributed by atoms with van der Waals surface area (Å²) >= 11 is 1.79. The van der Waals surface area contributed by atoms with Crippen LogP contribution in [0.1, 0.15) is 0 Å². The van der Waals surface area contributed by atoms with Gasteiger partial charge in [0, 0.05) is 47.6 Å². The molecule has 4 nitrogen and oxygen atoms in total. The Morgan fingerprint density at radius 1 is 0.360 bits per heavy atom. The number of hydrogen-bond donors (Lipinski definition) is 0. The van der Waals surface area contributed by atoms with Crippen molar-refractivity contribution in [3.8, 4) is 56.4 Å². The van der Waals surface area contributed by atoms with Crippen LogP contribution in [0, 0.1) is 0 Å². The molecule has 10 rings (SSSR count). The Kier molecular flexibility index (Phi) is 6.64. The third-order valence-corrected chi connectivity index (χ3v) is 10.5. The van der Waals surface area contributed by atoms with Crippen LogP contribution in [0.4, 0.5) is 0 Å². The highest BCUT2D eigenvalue weighted by Gasteiger charge is 2.19. The van der Waals surface area contributed by atoms with E-state index in [4.69, 9.17) is 19.4 Å². The average molecular weight is 658 g/mol. The van der Waals surface area contributed by atoms with E-state index in [0.29, 0.717) is 17.5 Å². The van der Waals surface area contributed by atoms with Crippen molar-refractivity contribution in [2.45, 2.75) is 0 Å². The lowest BCUT2D eigenvalue weighted by molar-refractivity contribution is 0.669. The van der Waals surface area contributed by atoms with E-state index < -0.39 is 0 Å². The summed E-state index contributed by atoms with van der Waals surface area (Å²) in [7, 11) is 0. The van der Waals surface area contributed by atoms with Crippen LogP contribution in [0.25, 0.3) is 98.5 Å². The molecule has 3 heterocycles. The molecule has 0 N–H and O–H groups in total. The van der Waals surface area contributed by atoms with Crippen molar-refractivity contribution >= 4 is 53.4 Å². The van der Waals surface area contributed by atoms with Crippen LogP contribution < -0.4 is 0 Å². The molecule has 5 heteroatoms. The van der Waals surface area contributed by atoms with E-state index in [2.05, 4.69) is 140 Å². The molecule has 234 valence electrons. The van der Waals surface area contributed by atoms with Gasteiger partial charge in [0.05, 0.1) is 0 Å². The SMILES string of the molecule is c1ccc(-c2cccc(-c3nc(-c4cc(-c5ccccc5)c5c(c4)oc4ccccc45)nc(-c4ccc5c(c4)sc4ccccc45)n3)c2)cc1. The van der Waals surface area contributed by atoms with Gasteiger partial charge in [-0.3, -0.25) is 0 Å². The number of rotatable bonds is 5. The van der Waals surface area contributed by atoms with Crippen LogP contribution >= 0.6 is 11.3 Å². The van der Waals surface area contributed by atoms with Crippen molar-refractivity contribution in [3.05, 3.63) is 164 Å². The number of para-hydroxylation sites is 1. The van der Waals surface area contributed by atoms with E-state index in [-0.39, 0.29) is 0 Å². The molecule has 0 aliphatic heterocycles. The van der Waals surface area contributed by atoms with E-state index in [1.54, 1.807) is 11.3 Å². The van der Waals surface area contributed by atoms with Crippen molar-refractivity contribution in [3.63, 3.8) is 0 Å². The molecular weight excluding hydrogens is 631 g/mol. The fourth-order valence-electron chi connectivity index (χ4n) is 6.93. The van der Waals surface area contributed by atoms with Gasteiger partial charge in [-0.15, -0.1) is 11.3 Å². The zero-order valence-corrected chi connectivity index (χ0v) is 27.6. The second kappa shape index (κ2) is 11.6. The number of fused-ring (bicyclic) bond motifs is 6. The minimum absolute atomic E-state index is 0.589. The van der Waals surface area contributed by atoms with Crippen molar-refractivity contribution < 1.29 is 4.42 Å². The van der Waals surface area contributed by atoms with Gasteiger partial charge in [-0.2, -0.15) is 0 Å². The highest BCUT2D eigenvalue weighted by molar-refractivity contribution is 7.25. The highest BCUT2D eigenvalue weighted by Crippen LogP contribution is 2.41. The number of benzene rings is 7. The van der Waals surface area contributed by atoms with Gasteiger partial charge in [0.1, 0.15) is 11.2 Å². The number of thiophene rings is 1. The van der Waals surface area contributed by atoms with Crippen LogP contribution in [-0.2, 0) is 0 Å². The first-order chi connectivity index (χ1) is 24.7. The molecule has 0 fully saturated rings. The maximum absolute atomic E-state index is 6.48. The predicted octanol–water partition coefficient (Wildman–Crippen LogP) is 12.5. The van der Waals surface area contributed by atoms with Gasteiger partial charge in [-0.25, -0.2) is 15.0 Å². The molecule has 10 aromatic rings. The maximum atomic E-state index is 6.48. The molecule has 0 amide bonds. The zero-order valence-electron chi connectivity index (χ0n) is 26.7. The largest absolute Gasteiger partial charge is 0.456 e. The van der Waals surface area contributed by atoms with Crippen molar-refractivity contribution in [2.75, 3.05) is 0 Å². The molecule has 0 atom stereocenters. The Hall–Kier alpha value is -6.43. The molecule has 0 saturated heterocycles. The summed E-state index contributed by atoms with van der Waals surface area (Å²) in [5.41, 5.74) is 8.80. The van der Waals surface area contributed by atoms with E-state index >= 15 is 0 Å². The first-order valence-corrected chi connectivity index (χ1v) is 17.4. The molecule has 0 unspecified atom stereocenters. The van der Waals surface area contributed by atoms with E-state index in [1.807, 2.05) is 24.3 Å². The molecule has 0 spiro atoms. The molecule has 3 aromatic heterocycles. The second-order valence-corrected chi connectivity index (χ2v) is 13.5. The normalized spacial score (nSPS) is 11.6. The summed E-state index contributed by atoms with van der Waals surface area (Å²) in [6.45, 7) is 0. The molecule has 0 aliphatic rings. The Balaban J connectivity index is 1.21.